The van der Waals surface area contributed by atoms with Crippen LogP contribution in [0.25, 0.3) is 32.4 Å². The fourth-order valence-corrected chi connectivity index (χ4v) is 6.33. The van der Waals surface area contributed by atoms with Crippen molar-refractivity contribution < 1.29 is 9.53 Å². The van der Waals surface area contributed by atoms with Crippen molar-refractivity contribution in [2.24, 2.45) is 0 Å². The average Bonchev–Trinajstić information content (AvgIpc) is 3.64. The number of methoxy groups -OCH3 is 1. The van der Waals surface area contributed by atoms with Crippen molar-refractivity contribution in [1.29, 1.82) is 0 Å². The number of fused-ring (bicyclic) bond motifs is 2. The third-order valence-electron chi connectivity index (χ3n) is 7.69. The van der Waals surface area contributed by atoms with Crippen molar-refractivity contribution in [3.05, 3.63) is 66.7 Å². The lowest BCUT2D eigenvalue weighted by atomic mass is 10.0. The van der Waals surface area contributed by atoms with E-state index in [1.165, 1.54) is 6.08 Å². The van der Waals surface area contributed by atoms with Crippen molar-refractivity contribution in [3.8, 4) is 17.0 Å². The van der Waals surface area contributed by atoms with Gasteiger partial charge in [0.25, 0.3) is 0 Å². The molecule has 3 aromatic heterocycles. The van der Waals surface area contributed by atoms with Crippen LogP contribution in [-0.4, -0.2) is 66.1 Å². The second-order valence-corrected chi connectivity index (χ2v) is 11.3. The highest BCUT2D eigenvalue weighted by Gasteiger charge is 2.25. The molecule has 0 unspecified atom stereocenters. The van der Waals surface area contributed by atoms with E-state index in [-0.39, 0.29) is 5.91 Å². The molecule has 210 valence electrons. The molecule has 0 atom stereocenters. The lowest BCUT2D eigenvalue weighted by molar-refractivity contribution is -0.111. The molecule has 6 rings (SSSR count). The van der Waals surface area contributed by atoms with E-state index in [1.54, 1.807) is 18.4 Å². The predicted octanol–water partition coefficient (Wildman–Crippen LogP) is 6.25. The molecule has 1 amide bonds. The van der Waals surface area contributed by atoms with E-state index < -0.39 is 0 Å². The van der Waals surface area contributed by atoms with Crippen molar-refractivity contribution in [2.75, 3.05) is 49.8 Å². The molecule has 9 nitrogen and oxygen atoms in total. The second-order valence-electron chi connectivity index (χ2n) is 10.3. The Morgan fingerprint density at radius 1 is 1.17 bits per heavy atom. The number of rotatable bonds is 8. The van der Waals surface area contributed by atoms with Gasteiger partial charge in [-0.05, 0) is 56.6 Å². The Hall–Kier alpha value is -4.41. The number of nitrogens with one attached hydrogen (secondary N) is 3. The van der Waals surface area contributed by atoms with Gasteiger partial charge in [0, 0.05) is 47.9 Å². The summed E-state index contributed by atoms with van der Waals surface area (Å²) in [4.78, 5) is 30.2. The van der Waals surface area contributed by atoms with Gasteiger partial charge in [-0.1, -0.05) is 24.8 Å². The summed E-state index contributed by atoms with van der Waals surface area (Å²) in [5.74, 6) is 0.798. The molecule has 4 heterocycles. The van der Waals surface area contributed by atoms with Gasteiger partial charge in [0.2, 0.25) is 11.9 Å². The van der Waals surface area contributed by atoms with Crippen LogP contribution in [0.2, 0.25) is 0 Å². The molecule has 1 saturated heterocycles. The van der Waals surface area contributed by atoms with E-state index in [0.717, 1.165) is 64.0 Å². The Morgan fingerprint density at radius 2 is 1.98 bits per heavy atom. The molecule has 5 aromatic rings. The average molecular weight is 568 g/mol. The molecule has 10 heteroatoms. The first-order valence-electron chi connectivity index (χ1n) is 13.6. The van der Waals surface area contributed by atoms with Gasteiger partial charge in [-0.2, -0.15) is 0 Å². The van der Waals surface area contributed by atoms with Gasteiger partial charge in [-0.15, -0.1) is 11.3 Å². The Balaban J connectivity index is 1.40. The minimum atomic E-state index is -0.275. The SMILES string of the molecule is C=CC(=O)Nc1cc(Nc2nc(-c3c[nH]c4ccccc34)c3sccc3n2)c(OC)cc1N1CCC(N(C)C)CC1. The van der Waals surface area contributed by atoms with Gasteiger partial charge < -0.3 is 30.2 Å². The summed E-state index contributed by atoms with van der Waals surface area (Å²) in [6, 6.07) is 14.6. The van der Waals surface area contributed by atoms with Gasteiger partial charge in [0.1, 0.15) is 5.75 Å². The smallest absolute Gasteiger partial charge is 0.247 e. The zero-order valence-electron chi connectivity index (χ0n) is 23.4. The monoisotopic (exact) mass is 567 g/mol. The van der Waals surface area contributed by atoms with E-state index in [0.29, 0.717) is 29.1 Å². The third-order valence-corrected chi connectivity index (χ3v) is 8.60. The Labute approximate surface area is 242 Å². The molecular weight excluding hydrogens is 534 g/mol. The van der Waals surface area contributed by atoms with Crippen molar-refractivity contribution in [3.63, 3.8) is 0 Å². The Morgan fingerprint density at radius 3 is 2.73 bits per heavy atom. The maximum atomic E-state index is 12.4. The van der Waals surface area contributed by atoms with Gasteiger partial charge in [0.15, 0.2) is 0 Å². The number of carbonyl (C=O) groups excluding carboxylic acids is 1. The molecule has 3 N–H and O–H groups in total. The maximum Gasteiger partial charge on any atom is 0.247 e. The first-order chi connectivity index (χ1) is 19.9. The number of piperidine rings is 1. The van der Waals surface area contributed by atoms with E-state index in [9.17, 15) is 4.79 Å². The van der Waals surface area contributed by atoms with Gasteiger partial charge in [0.05, 0.1) is 40.1 Å². The van der Waals surface area contributed by atoms with Crippen molar-refractivity contribution in [1.82, 2.24) is 19.9 Å². The number of amides is 1. The number of ether oxygens (including phenoxy) is 1. The summed E-state index contributed by atoms with van der Waals surface area (Å²) in [7, 11) is 5.89. The largest absolute Gasteiger partial charge is 0.494 e. The normalized spacial score (nSPS) is 14.1. The quantitative estimate of drug-likeness (QED) is 0.191. The molecule has 0 saturated carbocycles. The number of aromatic nitrogens is 3. The predicted molar refractivity (Wildman–Crippen MR) is 169 cm³/mol. The minimum Gasteiger partial charge on any atom is -0.494 e. The summed E-state index contributed by atoms with van der Waals surface area (Å²) in [5, 5.41) is 9.51. The van der Waals surface area contributed by atoms with Gasteiger partial charge in [-0.3, -0.25) is 4.79 Å². The van der Waals surface area contributed by atoms with Crippen LogP contribution < -0.4 is 20.3 Å². The zero-order valence-corrected chi connectivity index (χ0v) is 24.2. The van der Waals surface area contributed by atoms with Crippen LogP contribution in [0, 0.1) is 0 Å². The van der Waals surface area contributed by atoms with E-state index in [2.05, 4.69) is 58.2 Å². The molecule has 1 aliphatic rings. The van der Waals surface area contributed by atoms with Crippen LogP contribution in [-0.2, 0) is 4.79 Å². The van der Waals surface area contributed by atoms with Gasteiger partial charge >= 0.3 is 0 Å². The highest BCUT2D eigenvalue weighted by molar-refractivity contribution is 7.17. The molecule has 1 aliphatic heterocycles. The number of hydrogen-bond acceptors (Lipinski definition) is 8. The lowest BCUT2D eigenvalue weighted by Crippen LogP contribution is -2.42. The number of aromatic amines is 1. The molecule has 2 aromatic carbocycles. The molecule has 0 aliphatic carbocycles. The number of carbonyl (C=O) groups is 1. The summed E-state index contributed by atoms with van der Waals surface area (Å²) in [6.45, 7) is 5.39. The zero-order chi connectivity index (χ0) is 28.5. The third kappa shape index (κ3) is 5.23. The molecule has 0 spiro atoms. The minimum absolute atomic E-state index is 0.275. The number of benzene rings is 2. The van der Waals surface area contributed by atoms with Crippen molar-refractivity contribution in [2.45, 2.75) is 18.9 Å². The number of nitrogens with zero attached hydrogens (tertiary/aromatic N) is 4. The summed E-state index contributed by atoms with van der Waals surface area (Å²) in [5.41, 5.74) is 6.01. The Kier molecular flexibility index (Phi) is 7.34. The summed E-state index contributed by atoms with van der Waals surface area (Å²) in [6.07, 6.45) is 5.35. The fraction of sp³-hybridized carbons (Fsp3) is 0.258. The standard InChI is InChI=1S/C31H33N7O2S/c1-5-28(39)33-24-16-25(27(40-4)17-26(24)38-13-10-19(11-14-38)37(2)3)35-31-34-23-12-15-41-30(23)29(36-31)21-18-32-22-9-7-6-8-20(21)22/h5-9,12,15-19,32H,1,10-11,13-14H2,2-4H3,(H,33,39)(H,34,35,36). The Bertz CT molecular complexity index is 1730. The number of hydrogen-bond donors (Lipinski definition) is 3. The van der Waals surface area contributed by atoms with E-state index in [4.69, 9.17) is 14.7 Å². The number of H-pyrrole nitrogens is 1. The van der Waals surface area contributed by atoms with Crippen LogP contribution in [0.4, 0.5) is 23.0 Å². The van der Waals surface area contributed by atoms with Gasteiger partial charge in [-0.25, -0.2) is 9.97 Å². The molecule has 41 heavy (non-hydrogen) atoms. The van der Waals surface area contributed by atoms with Crippen LogP contribution >= 0.6 is 11.3 Å². The summed E-state index contributed by atoms with van der Waals surface area (Å²) < 4.78 is 6.85. The van der Waals surface area contributed by atoms with Crippen molar-refractivity contribution >= 4 is 61.4 Å². The maximum absolute atomic E-state index is 12.4. The molecular formula is C31H33N7O2S. The number of para-hydroxylation sites is 1. The lowest BCUT2D eigenvalue weighted by Gasteiger charge is -2.37. The van der Waals surface area contributed by atoms with Crippen LogP contribution in [0.15, 0.2) is 66.7 Å². The summed E-state index contributed by atoms with van der Waals surface area (Å²) >= 11 is 1.62. The molecule has 0 bridgehead atoms. The van der Waals surface area contributed by atoms with E-state index in [1.807, 2.05) is 41.9 Å². The molecule has 1 fully saturated rings. The highest BCUT2D eigenvalue weighted by Crippen LogP contribution is 2.41. The number of anilines is 4. The topological polar surface area (TPSA) is 98.4 Å². The first kappa shape index (κ1) is 26.8. The second kappa shape index (κ2) is 11.2. The van der Waals surface area contributed by atoms with Crippen LogP contribution in [0.3, 0.4) is 0 Å². The number of thiophene rings is 1. The van der Waals surface area contributed by atoms with Crippen LogP contribution in [0.1, 0.15) is 12.8 Å². The first-order valence-corrected chi connectivity index (χ1v) is 14.5. The fourth-order valence-electron chi connectivity index (χ4n) is 5.49. The van der Waals surface area contributed by atoms with Crippen LogP contribution in [0.5, 0.6) is 5.75 Å². The molecule has 0 radical (unpaired) electrons. The highest BCUT2D eigenvalue weighted by atomic mass is 32.1. The van der Waals surface area contributed by atoms with E-state index >= 15 is 0 Å².